The van der Waals surface area contributed by atoms with E-state index in [1.807, 2.05) is 12.1 Å². The molecule has 12 rings (SSSR count). The first-order chi connectivity index (χ1) is 28.7. The molecular formula is C54H39NO3. The molecule has 0 fully saturated rings. The van der Waals surface area contributed by atoms with Crippen molar-refractivity contribution in [1.82, 2.24) is 0 Å². The van der Waals surface area contributed by atoms with Gasteiger partial charge in [-0.25, -0.2) is 0 Å². The van der Waals surface area contributed by atoms with Crippen molar-refractivity contribution in [2.75, 3.05) is 4.90 Å². The number of para-hydroxylation sites is 3. The Labute approximate surface area is 336 Å². The molecule has 1 aliphatic heterocycles. The summed E-state index contributed by atoms with van der Waals surface area (Å²) in [7, 11) is 0. The molecule has 278 valence electrons. The highest BCUT2D eigenvalue weighted by Gasteiger charge is 2.33. The number of allylic oxidation sites excluding steroid dienone is 3. The molecule has 0 saturated heterocycles. The minimum Gasteiger partial charge on any atom is -0.484 e. The van der Waals surface area contributed by atoms with Crippen molar-refractivity contribution in [1.29, 1.82) is 0 Å². The molecule has 6 aromatic carbocycles. The SMILES string of the molecule is C1=CC2Oc3c(-c4ccc(N(c5ccc(C6=c7oc8c(c7=CCC6)CCC=C8)cc5)c5ccc(-c6cccc7c6oc6ccccc67)cc5)cc4)cccc3C2C=C1. The highest BCUT2D eigenvalue weighted by Crippen LogP contribution is 2.47. The van der Waals surface area contributed by atoms with Crippen molar-refractivity contribution in [3.05, 3.63) is 197 Å². The van der Waals surface area contributed by atoms with E-state index in [2.05, 4.69) is 169 Å². The molecule has 4 heteroatoms. The lowest BCUT2D eigenvalue weighted by atomic mass is 9.90. The Bertz CT molecular complexity index is 3140. The van der Waals surface area contributed by atoms with E-state index in [-0.39, 0.29) is 12.0 Å². The van der Waals surface area contributed by atoms with Crippen LogP contribution in [0.3, 0.4) is 0 Å². The summed E-state index contributed by atoms with van der Waals surface area (Å²) in [5, 5.41) is 3.57. The van der Waals surface area contributed by atoms with Crippen LogP contribution in [0.1, 0.15) is 47.6 Å². The molecule has 2 aromatic heterocycles. The number of hydrogen-bond acceptors (Lipinski definition) is 4. The third-order valence-corrected chi connectivity index (χ3v) is 12.4. The zero-order valence-corrected chi connectivity index (χ0v) is 31.9. The van der Waals surface area contributed by atoms with Crippen LogP contribution in [0.5, 0.6) is 5.75 Å². The summed E-state index contributed by atoms with van der Waals surface area (Å²) in [6.07, 6.45) is 19.5. The molecule has 58 heavy (non-hydrogen) atoms. The standard InChI is InChI=1S/C54H39NO3/c1-4-19-49-43(10-1)46-16-7-13-40(52(46)56-49)34-22-28-37(29-23-34)55(38-30-24-35(25-31-38)41-14-8-17-47-44-11-2-5-20-50(44)57-53(41)47)39-32-26-36(27-33-39)42-15-9-18-48-45-12-3-6-21-51(45)58-54(42)48/h1-2,4-8,10-11,13-14,16-33,43,49H,3,9,12,15H2. The average Bonchev–Trinajstić information content (AvgIpc) is 3.99. The van der Waals surface area contributed by atoms with Gasteiger partial charge < -0.3 is 18.5 Å². The van der Waals surface area contributed by atoms with E-state index >= 15 is 0 Å². The largest absolute Gasteiger partial charge is 0.484 e. The molecule has 0 radical (unpaired) electrons. The molecule has 0 saturated carbocycles. The van der Waals surface area contributed by atoms with E-state index in [4.69, 9.17) is 13.6 Å². The van der Waals surface area contributed by atoms with Crippen LogP contribution in [0.15, 0.2) is 173 Å². The first-order valence-electron chi connectivity index (χ1n) is 20.4. The number of benzene rings is 6. The lowest BCUT2D eigenvalue weighted by Crippen LogP contribution is -2.28. The fourth-order valence-corrected chi connectivity index (χ4v) is 9.60. The predicted molar refractivity (Wildman–Crippen MR) is 236 cm³/mol. The van der Waals surface area contributed by atoms with Gasteiger partial charge in [0.15, 0.2) is 0 Å². The number of furan rings is 2. The summed E-state index contributed by atoms with van der Waals surface area (Å²) >= 11 is 0. The number of rotatable bonds is 6. The molecular weight excluding hydrogens is 711 g/mol. The monoisotopic (exact) mass is 749 g/mol. The number of nitrogens with zero attached hydrogens (tertiary/aromatic N) is 1. The molecule has 4 nitrogen and oxygen atoms in total. The Morgan fingerprint density at radius 1 is 0.569 bits per heavy atom. The summed E-state index contributed by atoms with van der Waals surface area (Å²) in [5.41, 5.74) is 15.6. The Kier molecular flexibility index (Phi) is 7.59. The topological polar surface area (TPSA) is 38.8 Å². The summed E-state index contributed by atoms with van der Waals surface area (Å²) in [6.45, 7) is 0. The van der Waals surface area contributed by atoms with Crippen molar-refractivity contribution in [3.8, 4) is 28.0 Å². The normalized spacial score (nSPS) is 17.4. The molecule has 0 N–H and O–H groups in total. The maximum absolute atomic E-state index is 6.54. The first kappa shape index (κ1) is 33.1. The van der Waals surface area contributed by atoms with Gasteiger partial charge in [-0.05, 0) is 97.0 Å². The van der Waals surface area contributed by atoms with E-state index in [0.29, 0.717) is 0 Å². The third kappa shape index (κ3) is 5.29. The van der Waals surface area contributed by atoms with Gasteiger partial charge in [-0.15, -0.1) is 0 Å². The van der Waals surface area contributed by atoms with Crippen LogP contribution in [0.25, 0.3) is 61.9 Å². The van der Waals surface area contributed by atoms with Crippen LogP contribution >= 0.6 is 0 Å². The van der Waals surface area contributed by atoms with Gasteiger partial charge in [-0.2, -0.15) is 0 Å². The van der Waals surface area contributed by atoms with Gasteiger partial charge >= 0.3 is 0 Å². The summed E-state index contributed by atoms with van der Waals surface area (Å²) in [5.74, 6) is 2.27. The van der Waals surface area contributed by atoms with Gasteiger partial charge in [0.2, 0.25) is 0 Å². The zero-order chi connectivity index (χ0) is 38.2. The quantitative estimate of drug-likeness (QED) is 0.170. The third-order valence-electron chi connectivity index (χ3n) is 12.4. The Balaban J connectivity index is 0.940. The summed E-state index contributed by atoms with van der Waals surface area (Å²) in [6, 6.07) is 48.0. The number of fused-ring (bicyclic) bond motifs is 9. The van der Waals surface area contributed by atoms with Gasteiger partial charge in [0, 0.05) is 66.8 Å². The molecule has 2 unspecified atom stereocenters. The smallest absolute Gasteiger partial charge is 0.143 e. The van der Waals surface area contributed by atoms with E-state index in [9.17, 15) is 0 Å². The van der Waals surface area contributed by atoms with Crippen LogP contribution in [0, 0.1) is 0 Å². The highest BCUT2D eigenvalue weighted by molar-refractivity contribution is 6.09. The second kappa shape index (κ2) is 13.3. The van der Waals surface area contributed by atoms with Crippen molar-refractivity contribution in [2.24, 2.45) is 0 Å². The molecule has 8 aromatic rings. The van der Waals surface area contributed by atoms with Gasteiger partial charge in [0.25, 0.3) is 0 Å². The second-order valence-electron chi connectivity index (χ2n) is 15.7. The van der Waals surface area contributed by atoms with Crippen LogP contribution < -0.4 is 20.3 Å². The van der Waals surface area contributed by atoms with E-state index in [0.717, 1.165) is 104 Å². The lowest BCUT2D eigenvalue weighted by molar-refractivity contribution is 0.270. The number of hydrogen-bond donors (Lipinski definition) is 0. The van der Waals surface area contributed by atoms with Crippen LogP contribution in [-0.4, -0.2) is 6.10 Å². The van der Waals surface area contributed by atoms with Crippen LogP contribution in [0.2, 0.25) is 0 Å². The van der Waals surface area contributed by atoms with Crippen molar-refractivity contribution < 1.29 is 13.6 Å². The summed E-state index contributed by atoms with van der Waals surface area (Å²) < 4.78 is 19.5. The average molecular weight is 750 g/mol. The van der Waals surface area contributed by atoms with Crippen LogP contribution in [-0.2, 0) is 6.42 Å². The van der Waals surface area contributed by atoms with Gasteiger partial charge in [0.05, 0.1) is 0 Å². The fourth-order valence-electron chi connectivity index (χ4n) is 9.60. The van der Waals surface area contributed by atoms with Crippen molar-refractivity contribution in [3.63, 3.8) is 0 Å². The van der Waals surface area contributed by atoms with Gasteiger partial charge in [-0.1, -0.05) is 121 Å². The van der Waals surface area contributed by atoms with Gasteiger partial charge in [0.1, 0.15) is 34.2 Å². The number of anilines is 3. The number of ether oxygens (including phenoxy) is 1. The van der Waals surface area contributed by atoms with Crippen LogP contribution in [0.4, 0.5) is 17.1 Å². The molecule has 0 amide bonds. The summed E-state index contributed by atoms with van der Waals surface area (Å²) in [4.78, 5) is 2.34. The molecule has 3 aliphatic carbocycles. The second-order valence-corrected chi connectivity index (χ2v) is 15.7. The zero-order valence-electron chi connectivity index (χ0n) is 31.9. The Morgan fingerprint density at radius 3 is 2.07 bits per heavy atom. The fraction of sp³-hybridized carbons (Fsp3) is 0.111. The van der Waals surface area contributed by atoms with Gasteiger partial charge in [-0.3, -0.25) is 0 Å². The van der Waals surface area contributed by atoms with E-state index in [1.165, 1.54) is 27.5 Å². The molecule has 2 atom stereocenters. The Hall–Kier alpha value is -7.04. The molecule has 3 heterocycles. The van der Waals surface area contributed by atoms with Crippen molar-refractivity contribution >= 4 is 56.7 Å². The predicted octanol–water partition coefficient (Wildman–Crippen LogP) is 12.7. The highest BCUT2D eigenvalue weighted by atomic mass is 16.5. The van der Waals surface area contributed by atoms with E-state index < -0.39 is 0 Å². The maximum Gasteiger partial charge on any atom is 0.143 e. The maximum atomic E-state index is 6.54. The van der Waals surface area contributed by atoms with E-state index in [1.54, 1.807) is 0 Å². The lowest BCUT2D eigenvalue weighted by Gasteiger charge is -2.26. The minimum atomic E-state index is 0.0483. The van der Waals surface area contributed by atoms with Crippen molar-refractivity contribution in [2.45, 2.75) is 37.7 Å². The molecule has 0 bridgehead atoms. The Morgan fingerprint density at radius 2 is 1.26 bits per heavy atom. The molecule has 4 aliphatic rings. The minimum absolute atomic E-state index is 0.0483. The first-order valence-corrected chi connectivity index (χ1v) is 20.4. The molecule has 0 spiro atoms.